The van der Waals surface area contributed by atoms with Crippen LogP contribution in [0.2, 0.25) is 0 Å². The van der Waals surface area contributed by atoms with E-state index < -0.39 is 6.04 Å². The minimum absolute atomic E-state index is 0.274. The molecule has 1 aliphatic rings. The highest BCUT2D eigenvalue weighted by molar-refractivity contribution is 7.07. The van der Waals surface area contributed by atoms with Gasteiger partial charge in [-0.2, -0.15) is 0 Å². The van der Waals surface area contributed by atoms with Crippen LogP contribution >= 0.6 is 11.3 Å². The Hall–Kier alpha value is -4.30. The molecule has 1 N–H and O–H groups in total. The Kier molecular flexibility index (Phi) is 6.83. The van der Waals surface area contributed by atoms with Crippen LogP contribution in [0.5, 0.6) is 5.75 Å². The van der Waals surface area contributed by atoms with Gasteiger partial charge < -0.3 is 10.1 Å². The van der Waals surface area contributed by atoms with Crippen molar-refractivity contribution in [2.75, 3.05) is 11.9 Å². The minimum atomic E-state index is -0.689. The first kappa shape index (κ1) is 24.4. The van der Waals surface area contributed by atoms with Crippen molar-refractivity contribution in [1.29, 1.82) is 0 Å². The molecule has 0 saturated carbocycles. The predicted octanol–water partition coefficient (Wildman–Crippen LogP) is 4.41. The molecular formula is C29H24FN3O3S. The molecule has 0 aliphatic carbocycles. The molecular weight excluding hydrogens is 489 g/mol. The number of rotatable bonds is 6. The van der Waals surface area contributed by atoms with Gasteiger partial charge >= 0.3 is 0 Å². The molecule has 0 fully saturated rings. The Labute approximate surface area is 216 Å². The second-order valence-corrected chi connectivity index (χ2v) is 9.46. The summed E-state index contributed by atoms with van der Waals surface area (Å²) in [4.78, 5) is 32.4. The Morgan fingerprint density at radius 3 is 2.46 bits per heavy atom. The van der Waals surface area contributed by atoms with Crippen LogP contribution in [0.3, 0.4) is 0 Å². The van der Waals surface area contributed by atoms with E-state index in [0.717, 1.165) is 5.56 Å². The first-order valence-electron chi connectivity index (χ1n) is 11.8. The number of thiazole rings is 1. The summed E-state index contributed by atoms with van der Waals surface area (Å²) in [6.07, 6.45) is 1.71. The van der Waals surface area contributed by atoms with Crippen LogP contribution in [-0.4, -0.2) is 17.1 Å². The molecule has 6 nitrogen and oxygen atoms in total. The van der Waals surface area contributed by atoms with E-state index in [2.05, 4.69) is 10.3 Å². The van der Waals surface area contributed by atoms with Gasteiger partial charge in [0.2, 0.25) is 0 Å². The fourth-order valence-electron chi connectivity index (χ4n) is 4.27. The van der Waals surface area contributed by atoms with Gasteiger partial charge in [0.1, 0.15) is 11.6 Å². The smallest absolute Gasteiger partial charge is 0.271 e. The van der Waals surface area contributed by atoms with E-state index in [4.69, 9.17) is 4.74 Å². The van der Waals surface area contributed by atoms with E-state index in [1.807, 2.05) is 49.4 Å². The third kappa shape index (κ3) is 5.01. The monoisotopic (exact) mass is 513 g/mol. The Morgan fingerprint density at radius 1 is 1.08 bits per heavy atom. The molecule has 2 heterocycles. The number of ether oxygens (including phenoxy) is 1. The highest BCUT2D eigenvalue weighted by atomic mass is 32.1. The van der Waals surface area contributed by atoms with Crippen molar-refractivity contribution in [3.05, 3.63) is 127 Å². The van der Waals surface area contributed by atoms with E-state index in [9.17, 15) is 14.0 Å². The normalized spacial score (nSPS) is 15.2. The van der Waals surface area contributed by atoms with Gasteiger partial charge in [-0.05, 0) is 67.4 Å². The summed E-state index contributed by atoms with van der Waals surface area (Å²) in [5, 5.41) is 2.94. The maximum atomic E-state index is 13.7. The number of nitrogens with one attached hydrogen (secondary N) is 1. The van der Waals surface area contributed by atoms with E-state index in [-0.39, 0.29) is 17.3 Å². The summed E-state index contributed by atoms with van der Waals surface area (Å²) in [5.41, 5.74) is 2.74. The predicted molar refractivity (Wildman–Crippen MR) is 143 cm³/mol. The molecule has 1 atom stereocenters. The largest absolute Gasteiger partial charge is 0.494 e. The van der Waals surface area contributed by atoms with Crippen molar-refractivity contribution < 1.29 is 13.9 Å². The number of carbonyl (C=O) groups is 1. The Balaban J connectivity index is 1.65. The van der Waals surface area contributed by atoms with Gasteiger partial charge in [0.25, 0.3) is 11.5 Å². The highest BCUT2D eigenvalue weighted by Gasteiger charge is 2.32. The summed E-state index contributed by atoms with van der Waals surface area (Å²) in [6, 6.07) is 21.8. The second kappa shape index (κ2) is 10.4. The number of nitrogens with zero attached hydrogens (tertiary/aromatic N) is 2. The molecule has 1 aromatic heterocycles. The van der Waals surface area contributed by atoms with Gasteiger partial charge in [0.15, 0.2) is 4.80 Å². The van der Waals surface area contributed by atoms with E-state index in [1.54, 1.807) is 41.8 Å². The van der Waals surface area contributed by atoms with Gasteiger partial charge in [-0.25, -0.2) is 9.38 Å². The summed E-state index contributed by atoms with van der Waals surface area (Å²) in [5.74, 6) is 0.0175. The number of para-hydroxylation sites is 1. The maximum Gasteiger partial charge on any atom is 0.271 e. The van der Waals surface area contributed by atoms with Crippen molar-refractivity contribution in [3.63, 3.8) is 0 Å². The lowest BCUT2D eigenvalue weighted by Crippen LogP contribution is -2.40. The molecule has 0 spiro atoms. The highest BCUT2D eigenvalue weighted by Crippen LogP contribution is 2.31. The second-order valence-electron chi connectivity index (χ2n) is 8.46. The summed E-state index contributed by atoms with van der Waals surface area (Å²) in [7, 11) is 0. The van der Waals surface area contributed by atoms with Crippen molar-refractivity contribution in [3.8, 4) is 5.75 Å². The fraction of sp³-hybridized carbons (Fsp3) is 0.138. The van der Waals surface area contributed by atoms with E-state index in [1.165, 1.54) is 23.5 Å². The number of anilines is 1. The van der Waals surface area contributed by atoms with Crippen LogP contribution in [0, 0.1) is 5.82 Å². The van der Waals surface area contributed by atoms with Gasteiger partial charge in [-0.3, -0.25) is 14.2 Å². The zero-order chi connectivity index (χ0) is 25.9. The number of hydrogen-bond acceptors (Lipinski definition) is 5. The maximum absolute atomic E-state index is 13.7. The van der Waals surface area contributed by atoms with Crippen molar-refractivity contribution in [1.82, 2.24) is 4.57 Å². The molecule has 0 saturated heterocycles. The standard InChI is InChI=1S/C29H24FN3O3S/c1-3-36-23-15-11-20(12-16-23)26-25(27(34)32-22-7-5-4-6-8-22)18(2)31-29-33(26)28(35)24(37-29)17-19-9-13-21(30)14-10-19/h4-17,26H,3H2,1-2H3,(H,32,34)/b24-17-/t26-/m0/s1. The lowest BCUT2D eigenvalue weighted by Gasteiger charge is -2.25. The molecule has 0 bridgehead atoms. The average Bonchev–Trinajstić information content (AvgIpc) is 3.20. The first-order valence-corrected chi connectivity index (χ1v) is 12.6. The fourth-order valence-corrected chi connectivity index (χ4v) is 5.32. The molecule has 0 radical (unpaired) electrons. The van der Waals surface area contributed by atoms with Crippen LogP contribution in [-0.2, 0) is 4.79 Å². The summed E-state index contributed by atoms with van der Waals surface area (Å²) < 4.78 is 21.0. The topological polar surface area (TPSA) is 72.7 Å². The number of amides is 1. The lowest BCUT2D eigenvalue weighted by molar-refractivity contribution is -0.113. The van der Waals surface area contributed by atoms with Crippen LogP contribution < -0.4 is 24.9 Å². The Bertz CT molecular complexity index is 1650. The van der Waals surface area contributed by atoms with Crippen molar-refractivity contribution >= 4 is 29.0 Å². The zero-order valence-electron chi connectivity index (χ0n) is 20.3. The third-order valence-corrected chi connectivity index (χ3v) is 6.96. The summed E-state index contributed by atoms with van der Waals surface area (Å²) >= 11 is 1.24. The average molecular weight is 514 g/mol. The zero-order valence-corrected chi connectivity index (χ0v) is 21.1. The number of allylic oxidation sites excluding steroid dienone is 1. The molecule has 186 valence electrons. The molecule has 37 heavy (non-hydrogen) atoms. The summed E-state index contributed by atoms with van der Waals surface area (Å²) in [6.45, 7) is 4.21. The molecule has 3 aromatic carbocycles. The molecule has 1 amide bonds. The number of hydrogen-bond donors (Lipinski definition) is 1. The van der Waals surface area contributed by atoms with Gasteiger partial charge in [-0.15, -0.1) is 0 Å². The first-order chi connectivity index (χ1) is 17.9. The number of fused-ring (bicyclic) bond motifs is 1. The third-order valence-electron chi connectivity index (χ3n) is 5.97. The van der Waals surface area contributed by atoms with Crippen molar-refractivity contribution in [2.24, 2.45) is 4.99 Å². The van der Waals surface area contributed by atoms with Gasteiger partial charge in [-0.1, -0.05) is 53.8 Å². The molecule has 4 aromatic rings. The number of aromatic nitrogens is 1. The molecule has 0 unspecified atom stereocenters. The van der Waals surface area contributed by atoms with Gasteiger partial charge in [0, 0.05) is 5.69 Å². The van der Waals surface area contributed by atoms with Crippen LogP contribution in [0.1, 0.15) is 31.0 Å². The molecule has 8 heteroatoms. The van der Waals surface area contributed by atoms with Crippen LogP contribution in [0.15, 0.2) is 99.9 Å². The molecule has 5 rings (SSSR count). The quantitative estimate of drug-likeness (QED) is 0.415. The van der Waals surface area contributed by atoms with Crippen LogP contribution in [0.25, 0.3) is 6.08 Å². The molecule has 1 aliphatic heterocycles. The van der Waals surface area contributed by atoms with Crippen molar-refractivity contribution in [2.45, 2.75) is 19.9 Å². The number of halogens is 1. The van der Waals surface area contributed by atoms with E-state index >= 15 is 0 Å². The number of carbonyl (C=O) groups excluding carboxylic acids is 1. The number of benzene rings is 3. The van der Waals surface area contributed by atoms with Crippen LogP contribution in [0.4, 0.5) is 10.1 Å². The lowest BCUT2D eigenvalue weighted by atomic mass is 9.95. The minimum Gasteiger partial charge on any atom is -0.494 e. The van der Waals surface area contributed by atoms with Gasteiger partial charge in [0.05, 0.1) is 28.5 Å². The van der Waals surface area contributed by atoms with E-state index in [0.29, 0.717) is 44.2 Å². The Morgan fingerprint density at radius 2 is 1.78 bits per heavy atom. The SMILES string of the molecule is CCOc1ccc([C@H]2C(C(=O)Nc3ccccc3)=C(C)N=c3s/c(=C\c4ccc(F)cc4)c(=O)n32)cc1.